The number of aromatic nitrogens is 2. The molecule has 0 fully saturated rings. The summed E-state index contributed by atoms with van der Waals surface area (Å²) in [6.45, 7) is 2.41. The Balaban J connectivity index is 1.96. The zero-order valence-corrected chi connectivity index (χ0v) is 20.0. The summed E-state index contributed by atoms with van der Waals surface area (Å²) >= 11 is 0. The Bertz CT molecular complexity index is 1280. The first-order chi connectivity index (χ1) is 16.8. The molecule has 0 saturated heterocycles. The zero-order chi connectivity index (χ0) is 25.5. The van der Waals surface area contributed by atoms with E-state index in [1.165, 1.54) is 36.5 Å². The molecule has 2 aromatic carbocycles. The average Bonchev–Trinajstić information content (AvgIpc) is 2.85. The Morgan fingerprint density at radius 3 is 2.77 bits per heavy atom. The molecule has 5 N–H and O–H groups in total. The second-order valence-corrected chi connectivity index (χ2v) is 7.66. The maximum absolute atomic E-state index is 15.4. The fraction of sp³-hybridized carbons (Fsp3) is 0.200. The van der Waals surface area contributed by atoms with Crippen LogP contribution >= 0.6 is 0 Å². The second kappa shape index (κ2) is 11.2. The van der Waals surface area contributed by atoms with Crippen molar-refractivity contribution in [2.24, 2.45) is 0 Å². The molecule has 1 amide bonds. The van der Waals surface area contributed by atoms with Crippen LogP contribution in [0.25, 0.3) is 0 Å². The van der Waals surface area contributed by atoms with Gasteiger partial charge in [-0.05, 0) is 37.7 Å². The van der Waals surface area contributed by atoms with Crippen molar-refractivity contribution >= 4 is 34.6 Å². The van der Waals surface area contributed by atoms with Crippen molar-refractivity contribution in [1.29, 1.82) is 5.41 Å². The minimum Gasteiger partial charge on any atom is -0.496 e. The quantitative estimate of drug-likeness (QED) is 0.275. The van der Waals surface area contributed by atoms with Gasteiger partial charge in [-0.3, -0.25) is 10.2 Å². The standard InChI is InChI=1S/C25H28FN7O2/c1-15-10-11-16(13-19(15)35-4)23(27)21-24(28)30-14-31-25(21)32-17-7-5-8-18(22(17)26)33(3)20(34)9-6-12-29-2/h5-11,13-14,27,29H,12H2,1-4H3,(H3,28,30,31,32). The predicted octanol–water partition coefficient (Wildman–Crippen LogP) is 3.41. The van der Waals surface area contributed by atoms with E-state index >= 15 is 4.39 Å². The number of likely N-dealkylation sites (N-methyl/N-ethyl adjacent to an activating group) is 2. The van der Waals surface area contributed by atoms with Crippen molar-refractivity contribution in [2.75, 3.05) is 43.7 Å². The number of amides is 1. The monoisotopic (exact) mass is 477 g/mol. The minimum absolute atomic E-state index is 0.0439. The van der Waals surface area contributed by atoms with Gasteiger partial charge in [0.15, 0.2) is 5.82 Å². The zero-order valence-electron chi connectivity index (χ0n) is 20.0. The van der Waals surface area contributed by atoms with Crippen LogP contribution in [0.15, 0.2) is 54.9 Å². The molecule has 182 valence electrons. The van der Waals surface area contributed by atoms with Crippen molar-refractivity contribution in [1.82, 2.24) is 15.3 Å². The van der Waals surface area contributed by atoms with Crippen molar-refractivity contribution in [3.8, 4) is 5.75 Å². The molecule has 3 rings (SSSR count). The number of benzene rings is 2. The number of hydrogen-bond donors (Lipinski definition) is 4. The number of hydrogen-bond acceptors (Lipinski definition) is 8. The first kappa shape index (κ1) is 25.3. The molecule has 0 spiro atoms. The lowest BCUT2D eigenvalue weighted by molar-refractivity contribution is -0.113. The largest absolute Gasteiger partial charge is 0.496 e. The summed E-state index contributed by atoms with van der Waals surface area (Å²) in [7, 11) is 4.80. The highest BCUT2D eigenvalue weighted by molar-refractivity contribution is 6.16. The van der Waals surface area contributed by atoms with Gasteiger partial charge in [-0.25, -0.2) is 14.4 Å². The summed E-state index contributed by atoms with van der Waals surface area (Å²) in [6, 6.07) is 9.94. The Morgan fingerprint density at radius 2 is 2.06 bits per heavy atom. The number of rotatable bonds is 9. The number of halogens is 1. The third-order valence-electron chi connectivity index (χ3n) is 5.33. The number of aryl methyl sites for hydroxylation is 1. The first-order valence-corrected chi connectivity index (χ1v) is 10.8. The number of methoxy groups -OCH3 is 1. The van der Waals surface area contributed by atoms with Gasteiger partial charge in [0.1, 0.15) is 23.7 Å². The van der Waals surface area contributed by atoms with E-state index in [1.807, 2.05) is 13.0 Å². The van der Waals surface area contributed by atoms with Crippen LogP contribution < -0.4 is 26.0 Å². The molecule has 1 heterocycles. The molecule has 1 aromatic heterocycles. The van der Waals surface area contributed by atoms with Gasteiger partial charge in [0.2, 0.25) is 0 Å². The molecule has 0 aliphatic heterocycles. The molecule has 9 nitrogen and oxygen atoms in total. The Labute approximate surface area is 203 Å². The van der Waals surface area contributed by atoms with Crippen LogP contribution in [-0.4, -0.2) is 49.3 Å². The van der Waals surface area contributed by atoms with Crippen LogP contribution in [0.1, 0.15) is 16.7 Å². The van der Waals surface area contributed by atoms with Gasteiger partial charge >= 0.3 is 0 Å². The van der Waals surface area contributed by atoms with Gasteiger partial charge in [0, 0.05) is 25.2 Å². The van der Waals surface area contributed by atoms with Gasteiger partial charge in [-0.15, -0.1) is 0 Å². The number of nitrogen functional groups attached to an aromatic ring is 1. The van der Waals surface area contributed by atoms with Crippen LogP contribution in [0.4, 0.5) is 27.4 Å². The summed E-state index contributed by atoms with van der Waals surface area (Å²) in [5, 5.41) is 14.6. The highest BCUT2D eigenvalue weighted by Crippen LogP contribution is 2.31. The second-order valence-electron chi connectivity index (χ2n) is 7.66. The number of carbonyl (C=O) groups excluding carboxylic acids is 1. The molecule has 0 radical (unpaired) electrons. The van der Waals surface area contributed by atoms with E-state index in [2.05, 4.69) is 20.6 Å². The molecule has 35 heavy (non-hydrogen) atoms. The van der Waals surface area contributed by atoms with E-state index in [9.17, 15) is 4.79 Å². The van der Waals surface area contributed by atoms with Crippen LogP contribution in [-0.2, 0) is 4.79 Å². The summed E-state index contributed by atoms with van der Waals surface area (Å²) < 4.78 is 20.8. The SMILES string of the molecule is CNCC=CC(=O)N(C)c1cccc(Nc2ncnc(N)c2C(=N)c2ccc(C)c(OC)c2)c1F. The van der Waals surface area contributed by atoms with Crippen molar-refractivity contribution in [2.45, 2.75) is 6.92 Å². The maximum atomic E-state index is 15.4. The number of carbonyl (C=O) groups is 1. The molecule has 10 heteroatoms. The summed E-state index contributed by atoms with van der Waals surface area (Å²) in [6.07, 6.45) is 4.26. The average molecular weight is 478 g/mol. The van der Waals surface area contributed by atoms with Gasteiger partial charge < -0.3 is 26.0 Å². The first-order valence-electron chi connectivity index (χ1n) is 10.8. The molecule has 0 bridgehead atoms. The molecule has 0 atom stereocenters. The Morgan fingerprint density at radius 1 is 1.29 bits per heavy atom. The Kier molecular flexibility index (Phi) is 8.11. The van der Waals surface area contributed by atoms with Crippen LogP contribution in [0, 0.1) is 18.2 Å². The van der Waals surface area contributed by atoms with E-state index in [1.54, 1.807) is 38.4 Å². The molecular formula is C25H28FN7O2. The predicted molar refractivity (Wildman–Crippen MR) is 136 cm³/mol. The maximum Gasteiger partial charge on any atom is 0.250 e. The van der Waals surface area contributed by atoms with Gasteiger partial charge in [0.05, 0.1) is 29.8 Å². The third-order valence-corrected chi connectivity index (χ3v) is 5.33. The number of ether oxygens (including phenoxy) is 1. The van der Waals surface area contributed by atoms with E-state index in [0.29, 0.717) is 17.9 Å². The van der Waals surface area contributed by atoms with E-state index in [0.717, 1.165) is 5.56 Å². The van der Waals surface area contributed by atoms with Crippen LogP contribution in [0.5, 0.6) is 5.75 Å². The molecule has 0 unspecified atom stereocenters. The molecule has 3 aromatic rings. The lowest BCUT2D eigenvalue weighted by atomic mass is 10.0. The molecule has 0 saturated carbocycles. The number of nitrogens with one attached hydrogen (secondary N) is 3. The number of nitrogens with zero attached hydrogens (tertiary/aromatic N) is 3. The summed E-state index contributed by atoms with van der Waals surface area (Å²) in [4.78, 5) is 21.8. The fourth-order valence-electron chi connectivity index (χ4n) is 3.37. The number of anilines is 4. The van der Waals surface area contributed by atoms with Crippen LogP contribution in [0.3, 0.4) is 0 Å². The van der Waals surface area contributed by atoms with Gasteiger partial charge in [-0.1, -0.05) is 24.3 Å². The molecular weight excluding hydrogens is 449 g/mol. The normalized spacial score (nSPS) is 10.9. The molecule has 0 aliphatic carbocycles. The van der Waals surface area contributed by atoms with Crippen molar-refractivity contribution in [3.63, 3.8) is 0 Å². The van der Waals surface area contributed by atoms with Gasteiger partial charge in [0.25, 0.3) is 5.91 Å². The van der Waals surface area contributed by atoms with Gasteiger partial charge in [-0.2, -0.15) is 0 Å². The highest BCUT2D eigenvalue weighted by atomic mass is 19.1. The lowest BCUT2D eigenvalue weighted by Gasteiger charge is -2.19. The fourth-order valence-corrected chi connectivity index (χ4v) is 3.37. The Hall–Kier alpha value is -4.31. The minimum atomic E-state index is -0.656. The van der Waals surface area contributed by atoms with E-state index in [4.69, 9.17) is 15.9 Å². The van der Waals surface area contributed by atoms with E-state index in [-0.39, 0.29) is 40.2 Å². The summed E-state index contributed by atoms with van der Waals surface area (Å²) in [5.74, 6) is -0.200. The van der Waals surface area contributed by atoms with Crippen LogP contribution in [0.2, 0.25) is 0 Å². The van der Waals surface area contributed by atoms with Crippen molar-refractivity contribution < 1.29 is 13.9 Å². The van der Waals surface area contributed by atoms with E-state index < -0.39 is 5.82 Å². The van der Waals surface area contributed by atoms with Crippen molar-refractivity contribution in [3.05, 3.63) is 77.4 Å². The molecule has 0 aliphatic rings. The lowest BCUT2D eigenvalue weighted by Crippen LogP contribution is -2.25. The smallest absolute Gasteiger partial charge is 0.250 e. The third kappa shape index (κ3) is 5.61. The number of nitrogens with two attached hydrogens (primary N) is 1. The highest BCUT2D eigenvalue weighted by Gasteiger charge is 2.20. The topological polar surface area (TPSA) is 129 Å². The summed E-state index contributed by atoms with van der Waals surface area (Å²) in [5.41, 5.74) is 7.95.